The van der Waals surface area contributed by atoms with Crippen molar-refractivity contribution in [3.63, 3.8) is 0 Å². The number of aryl methyl sites for hydroxylation is 1. The molecule has 0 aliphatic carbocycles. The summed E-state index contributed by atoms with van der Waals surface area (Å²) >= 11 is 0. The summed E-state index contributed by atoms with van der Waals surface area (Å²) in [6.45, 7) is 2.84. The van der Waals surface area contributed by atoms with E-state index in [1.54, 1.807) is 0 Å². The molecule has 0 radical (unpaired) electrons. The minimum absolute atomic E-state index is 0.0145. The standard InChI is InChI=1S/C14H16N2O2/c1-9-5-2-3-6-10(9)12-13(16-18-14(12)15)11-7-4-8-17-11/h2-3,5-6,11H,4,7-8,15H2,1H3. The molecule has 2 heterocycles. The Morgan fingerprint density at radius 2 is 2.17 bits per heavy atom. The molecule has 18 heavy (non-hydrogen) atoms. The number of nitrogens with zero attached hydrogens (tertiary/aromatic N) is 1. The molecule has 1 aliphatic rings. The zero-order chi connectivity index (χ0) is 12.5. The first-order valence-electron chi connectivity index (χ1n) is 6.20. The van der Waals surface area contributed by atoms with E-state index in [2.05, 4.69) is 18.1 Å². The fraction of sp³-hybridized carbons (Fsp3) is 0.357. The second-order valence-electron chi connectivity index (χ2n) is 4.62. The Hall–Kier alpha value is -1.81. The van der Waals surface area contributed by atoms with Gasteiger partial charge in [-0.25, -0.2) is 0 Å². The molecule has 1 unspecified atom stereocenters. The van der Waals surface area contributed by atoms with Gasteiger partial charge in [0.25, 0.3) is 0 Å². The molecule has 3 rings (SSSR count). The lowest BCUT2D eigenvalue weighted by Gasteiger charge is -2.10. The first-order valence-corrected chi connectivity index (χ1v) is 6.20. The van der Waals surface area contributed by atoms with Crippen molar-refractivity contribution < 1.29 is 9.26 Å². The van der Waals surface area contributed by atoms with Gasteiger partial charge in [-0.15, -0.1) is 0 Å². The van der Waals surface area contributed by atoms with E-state index in [9.17, 15) is 0 Å². The zero-order valence-electron chi connectivity index (χ0n) is 10.3. The van der Waals surface area contributed by atoms with E-state index in [0.29, 0.717) is 5.88 Å². The van der Waals surface area contributed by atoms with Crippen molar-refractivity contribution in [2.24, 2.45) is 0 Å². The van der Waals surface area contributed by atoms with Crippen LogP contribution in [0.15, 0.2) is 28.8 Å². The number of ether oxygens (including phenoxy) is 1. The fourth-order valence-corrected chi connectivity index (χ4v) is 2.45. The zero-order valence-corrected chi connectivity index (χ0v) is 10.3. The third-order valence-electron chi connectivity index (χ3n) is 3.39. The molecule has 94 valence electrons. The van der Waals surface area contributed by atoms with E-state index < -0.39 is 0 Å². The van der Waals surface area contributed by atoms with Crippen LogP contribution in [0.25, 0.3) is 11.1 Å². The van der Waals surface area contributed by atoms with Crippen LogP contribution in [0.2, 0.25) is 0 Å². The number of benzene rings is 1. The highest BCUT2D eigenvalue weighted by molar-refractivity contribution is 5.77. The number of nitrogen functional groups attached to an aromatic ring is 1. The highest BCUT2D eigenvalue weighted by atomic mass is 16.5. The normalized spacial score (nSPS) is 19.3. The predicted octanol–water partition coefficient (Wildman–Crippen LogP) is 3.08. The van der Waals surface area contributed by atoms with E-state index in [4.69, 9.17) is 15.0 Å². The summed E-state index contributed by atoms with van der Waals surface area (Å²) in [7, 11) is 0. The third-order valence-corrected chi connectivity index (χ3v) is 3.39. The second-order valence-corrected chi connectivity index (χ2v) is 4.62. The van der Waals surface area contributed by atoms with Crippen LogP contribution in [0.5, 0.6) is 0 Å². The van der Waals surface area contributed by atoms with Crippen LogP contribution in [-0.4, -0.2) is 11.8 Å². The van der Waals surface area contributed by atoms with E-state index >= 15 is 0 Å². The maximum atomic E-state index is 5.93. The van der Waals surface area contributed by atoms with Crippen LogP contribution in [0, 0.1) is 6.92 Å². The van der Waals surface area contributed by atoms with Crippen LogP contribution in [0.3, 0.4) is 0 Å². The minimum atomic E-state index is 0.0145. The Kier molecular flexibility index (Phi) is 2.80. The first-order chi connectivity index (χ1) is 8.77. The van der Waals surface area contributed by atoms with Gasteiger partial charge < -0.3 is 15.0 Å². The summed E-state index contributed by atoms with van der Waals surface area (Å²) in [5.74, 6) is 0.370. The molecule has 2 aromatic rings. The molecule has 1 aliphatic heterocycles. The van der Waals surface area contributed by atoms with Crippen LogP contribution >= 0.6 is 0 Å². The molecule has 0 bridgehead atoms. The van der Waals surface area contributed by atoms with Crippen molar-refractivity contribution in [2.45, 2.75) is 25.9 Å². The van der Waals surface area contributed by atoms with Gasteiger partial charge in [-0.05, 0) is 30.9 Å². The molecular weight excluding hydrogens is 228 g/mol. The Morgan fingerprint density at radius 1 is 1.33 bits per heavy atom. The lowest BCUT2D eigenvalue weighted by molar-refractivity contribution is 0.106. The predicted molar refractivity (Wildman–Crippen MR) is 69.0 cm³/mol. The summed E-state index contributed by atoms with van der Waals surface area (Å²) in [6.07, 6.45) is 2.05. The molecular formula is C14H16N2O2. The molecule has 1 aromatic heterocycles. The highest BCUT2D eigenvalue weighted by Crippen LogP contribution is 2.39. The van der Waals surface area contributed by atoms with Crippen molar-refractivity contribution in [3.8, 4) is 11.1 Å². The van der Waals surface area contributed by atoms with Crippen LogP contribution < -0.4 is 5.73 Å². The molecule has 0 spiro atoms. The SMILES string of the molecule is Cc1ccccc1-c1c(C2CCCO2)noc1N. The largest absolute Gasteiger partial charge is 0.372 e. The number of nitrogens with two attached hydrogens (primary N) is 1. The average molecular weight is 244 g/mol. The van der Waals surface area contributed by atoms with Crippen molar-refractivity contribution >= 4 is 5.88 Å². The fourth-order valence-electron chi connectivity index (χ4n) is 2.45. The number of hydrogen-bond donors (Lipinski definition) is 1. The quantitative estimate of drug-likeness (QED) is 0.881. The van der Waals surface area contributed by atoms with Gasteiger partial charge in [-0.1, -0.05) is 29.4 Å². The Balaban J connectivity index is 2.11. The molecule has 4 heteroatoms. The lowest BCUT2D eigenvalue weighted by atomic mass is 9.98. The maximum Gasteiger partial charge on any atom is 0.230 e. The van der Waals surface area contributed by atoms with E-state index in [1.807, 2.05) is 18.2 Å². The molecule has 2 N–H and O–H groups in total. The van der Waals surface area contributed by atoms with E-state index in [-0.39, 0.29) is 6.10 Å². The minimum Gasteiger partial charge on any atom is -0.372 e. The van der Waals surface area contributed by atoms with Gasteiger partial charge >= 0.3 is 0 Å². The second kappa shape index (κ2) is 4.46. The van der Waals surface area contributed by atoms with Gasteiger partial charge in [0.05, 0.1) is 5.56 Å². The number of anilines is 1. The number of aromatic nitrogens is 1. The third kappa shape index (κ3) is 1.78. The Labute approximate surface area is 106 Å². The molecule has 1 fully saturated rings. The lowest BCUT2D eigenvalue weighted by Crippen LogP contribution is -1.99. The molecule has 1 atom stereocenters. The highest BCUT2D eigenvalue weighted by Gasteiger charge is 2.27. The topological polar surface area (TPSA) is 61.3 Å². The summed E-state index contributed by atoms with van der Waals surface area (Å²) in [4.78, 5) is 0. The van der Waals surface area contributed by atoms with Crippen molar-refractivity contribution in [2.75, 3.05) is 12.3 Å². The van der Waals surface area contributed by atoms with Gasteiger partial charge in [-0.2, -0.15) is 0 Å². The van der Waals surface area contributed by atoms with Gasteiger partial charge in [0.2, 0.25) is 5.88 Å². The summed E-state index contributed by atoms with van der Waals surface area (Å²) < 4.78 is 10.8. The summed E-state index contributed by atoms with van der Waals surface area (Å²) in [5.41, 5.74) is 9.88. The van der Waals surface area contributed by atoms with Crippen LogP contribution in [0.1, 0.15) is 30.2 Å². The van der Waals surface area contributed by atoms with Gasteiger partial charge in [0, 0.05) is 6.61 Å². The molecule has 1 aromatic carbocycles. The maximum absolute atomic E-state index is 5.93. The Bertz CT molecular complexity index is 557. The van der Waals surface area contributed by atoms with E-state index in [0.717, 1.165) is 41.8 Å². The van der Waals surface area contributed by atoms with Crippen molar-refractivity contribution in [3.05, 3.63) is 35.5 Å². The summed E-state index contributed by atoms with van der Waals surface area (Å²) in [6, 6.07) is 8.10. The molecule has 0 saturated carbocycles. The van der Waals surface area contributed by atoms with Gasteiger partial charge in [0.15, 0.2) is 0 Å². The molecule has 4 nitrogen and oxygen atoms in total. The first kappa shape index (κ1) is 11.3. The molecule has 0 amide bonds. The monoisotopic (exact) mass is 244 g/mol. The van der Waals surface area contributed by atoms with Crippen molar-refractivity contribution in [1.29, 1.82) is 0 Å². The van der Waals surface area contributed by atoms with Crippen molar-refractivity contribution in [1.82, 2.24) is 5.16 Å². The summed E-state index contributed by atoms with van der Waals surface area (Å²) in [5, 5.41) is 4.09. The van der Waals surface area contributed by atoms with Gasteiger partial charge in [-0.3, -0.25) is 0 Å². The number of hydrogen-bond acceptors (Lipinski definition) is 4. The smallest absolute Gasteiger partial charge is 0.230 e. The molecule has 1 saturated heterocycles. The number of rotatable bonds is 2. The van der Waals surface area contributed by atoms with Crippen LogP contribution in [-0.2, 0) is 4.74 Å². The Morgan fingerprint density at radius 3 is 2.89 bits per heavy atom. The van der Waals surface area contributed by atoms with Crippen LogP contribution in [0.4, 0.5) is 5.88 Å². The average Bonchev–Trinajstić information content (AvgIpc) is 2.99. The van der Waals surface area contributed by atoms with Gasteiger partial charge in [0.1, 0.15) is 11.8 Å². The van der Waals surface area contributed by atoms with E-state index in [1.165, 1.54) is 0 Å².